The summed E-state index contributed by atoms with van der Waals surface area (Å²) in [6, 6.07) is 14.0. The van der Waals surface area contributed by atoms with Crippen LogP contribution >= 0.6 is 0 Å². The lowest BCUT2D eigenvalue weighted by molar-refractivity contribution is -0.140. The summed E-state index contributed by atoms with van der Waals surface area (Å²) in [7, 11) is 0. The summed E-state index contributed by atoms with van der Waals surface area (Å²) >= 11 is 0. The molecule has 6 nitrogen and oxygen atoms in total. The second-order valence-corrected chi connectivity index (χ2v) is 7.84. The summed E-state index contributed by atoms with van der Waals surface area (Å²) in [4.78, 5) is 35.5. The van der Waals surface area contributed by atoms with Gasteiger partial charge in [0, 0.05) is 36.9 Å². The zero-order valence-electron chi connectivity index (χ0n) is 17.4. The van der Waals surface area contributed by atoms with E-state index < -0.39 is 17.7 Å². The Morgan fingerprint density at radius 1 is 0.935 bits per heavy atom. The van der Waals surface area contributed by atoms with Crippen LogP contribution in [-0.4, -0.2) is 31.7 Å². The first-order chi connectivity index (χ1) is 15.0. The smallest absolute Gasteiger partial charge is 0.295 e. The van der Waals surface area contributed by atoms with Crippen molar-refractivity contribution in [3.8, 4) is 0 Å². The molecule has 0 radical (unpaired) electrons. The first kappa shape index (κ1) is 20.5. The van der Waals surface area contributed by atoms with E-state index in [1.807, 2.05) is 24.3 Å². The van der Waals surface area contributed by atoms with Crippen molar-refractivity contribution in [2.45, 2.75) is 32.4 Å². The number of hydrogen-bond donors (Lipinski definition) is 1. The highest BCUT2D eigenvalue weighted by molar-refractivity contribution is 6.46. The number of aliphatic hydroxyl groups excluding tert-OH is 1. The fourth-order valence-electron chi connectivity index (χ4n) is 3.80. The molecule has 1 atom stereocenters. The molecule has 0 saturated carbocycles. The van der Waals surface area contributed by atoms with Gasteiger partial charge in [-0.05, 0) is 46.9 Å². The van der Waals surface area contributed by atoms with Gasteiger partial charge < -0.3 is 10.0 Å². The molecule has 1 aromatic carbocycles. The Morgan fingerprint density at radius 3 is 2.10 bits per heavy atom. The van der Waals surface area contributed by atoms with Crippen LogP contribution in [-0.2, 0) is 16.1 Å². The molecule has 3 heterocycles. The van der Waals surface area contributed by atoms with Crippen molar-refractivity contribution in [1.29, 1.82) is 0 Å². The van der Waals surface area contributed by atoms with Crippen LogP contribution in [0.3, 0.4) is 0 Å². The molecule has 1 aliphatic heterocycles. The summed E-state index contributed by atoms with van der Waals surface area (Å²) in [5.74, 6) is -1.17. The Labute approximate surface area is 180 Å². The minimum atomic E-state index is -0.693. The number of pyridine rings is 2. The Bertz CT molecular complexity index is 1120. The van der Waals surface area contributed by atoms with Gasteiger partial charge in [0.25, 0.3) is 11.7 Å². The first-order valence-electron chi connectivity index (χ1n) is 10.1. The summed E-state index contributed by atoms with van der Waals surface area (Å²) < 4.78 is 0. The van der Waals surface area contributed by atoms with E-state index in [0.29, 0.717) is 11.5 Å². The topological polar surface area (TPSA) is 83.4 Å². The lowest BCUT2D eigenvalue weighted by Gasteiger charge is -2.25. The largest absolute Gasteiger partial charge is 0.507 e. The highest BCUT2D eigenvalue weighted by atomic mass is 16.3. The number of amides is 1. The van der Waals surface area contributed by atoms with Gasteiger partial charge in [0.2, 0.25) is 0 Å². The Morgan fingerprint density at radius 2 is 1.52 bits per heavy atom. The third-order valence-electron chi connectivity index (χ3n) is 5.51. The van der Waals surface area contributed by atoms with Crippen molar-refractivity contribution in [1.82, 2.24) is 14.9 Å². The standard InChI is InChI=1S/C25H23N3O3/c1-16(2)18-3-5-19(6-4-18)22-21(23(29)20-9-13-27-14-10-20)24(30)25(31)28(22)15-17-7-11-26-12-8-17/h3-14,16,22,29H,15H2,1-2H3/b23-21-. The number of nitrogens with zero attached hydrogens (tertiary/aromatic N) is 3. The Balaban J connectivity index is 1.84. The van der Waals surface area contributed by atoms with Gasteiger partial charge >= 0.3 is 0 Å². The van der Waals surface area contributed by atoms with Crippen LogP contribution in [0.4, 0.5) is 0 Å². The van der Waals surface area contributed by atoms with E-state index in [4.69, 9.17) is 0 Å². The molecule has 0 bridgehead atoms. The molecule has 0 aliphatic carbocycles. The highest BCUT2D eigenvalue weighted by Gasteiger charge is 2.46. The van der Waals surface area contributed by atoms with Crippen molar-refractivity contribution >= 4 is 17.4 Å². The monoisotopic (exact) mass is 413 g/mol. The van der Waals surface area contributed by atoms with Gasteiger partial charge in [-0.1, -0.05) is 38.1 Å². The van der Waals surface area contributed by atoms with Crippen molar-refractivity contribution < 1.29 is 14.7 Å². The number of carbonyl (C=O) groups is 2. The van der Waals surface area contributed by atoms with Gasteiger partial charge in [0.05, 0.1) is 11.6 Å². The predicted molar refractivity (Wildman–Crippen MR) is 117 cm³/mol. The lowest BCUT2D eigenvalue weighted by Crippen LogP contribution is -2.29. The van der Waals surface area contributed by atoms with Gasteiger partial charge in [0.1, 0.15) is 5.76 Å². The lowest BCUT2D eigenvalue weighted by atomic mass is 9.93. The van der Waals surface area contributed by atoms with E-state index in [1.54, 1.807) is 36.7 Å². The molecule has 3 aromatic rings. The zero-order chi connectivity index (χ0) is 22.0. The second kappa shape index (κ2) is 8.52. The van der Waals surface area contributed by atoms with Crippen molar-refractivity contribution in [3.05, 3.63) is 101 Å². The average Bonchev–Trinajstić information content (AvgIpc) is 3.05. The number of Topliss-reactive ketones (excluding diaryl/α,β-unsaturated/α-hetero) is 1. The summed E-state index contributed by atoms with van der Waals surface area (Å²) in [5, 5.41) is 11.0. The van der Waals surface area contributed by atoms with Crippen LogP contribution in [0.1, 0.15) is 48.1 Å². The van der Waals surface area contributed by atoms with Gasteiger partial charge in [-0.25, -0.2) is 0 Å². The van der Waals surface area contributed by atoms with Gasteiger partial charge in [-0.15, -0.1) is 0 Å². The molecule has 156 valence electrons. The summed E-state index contributed by atoms with van der Waals surface area (Å²) in [6.45, 7) is 4.44. The van der Waals surface area contributed by atoms with E-state index in [1.165, 1.54) is 17.3 Å². The molecule has 1 unspecified atom stereocenters. The molecule has 31 heavy (non-hydrogen) atoms. The SMILES string of the molecule is CC(C)c1ccc(C2/C(=C(/O)c3ccncc3)C(=O)C(=O)N2Cc2ccncc2)cc1. The van der Waals surface area contributed by atoms with Gasteiger partial charge in [0.15, 0.2) is 0 Å². The number of ketones is 1. The van der Waals surface area contributed by atoms with Crippen LogP contribution in [0.15, 0.2) is 78.9 Å². The van der Waals surface area contributed by atoms with Crippen molar-refractivity contribution in [3.63, 3.8) is 0 Å². The maximum absolute atomic E-state index is 13.0. The molecule has 1 saturated heterocycles. The fourth-order valence-corrected chi connectivity index (χ4v) is 3.80. The number of rotatable bonds is 5. The molecule has 6 heteroatoms. The van der Waals surface area contributed by atoms with Gasteiger partial charge in [-0.2, -0.15) is 0 Å². The number of likely N-dealkylation sites (tertiary alicyclic amines) is 1. The number of benzene rings is 1. The van der Waals surface area contributed by atoms with Crippen LogP contribution < -0.4 is 0 Å². The molecule has 1 aliphatic rings. The van der Waals surface area contributed by atoms with Crippen LogP contribution in [0.5, 0.6) is 0 Å². The summed E-state index contributed by atoms with van der Waals surface area (Å²) in [5.41, 5.74) is 3.31. The maximum atomic E-state index is 13.0. The second-order valence-electron chi connectivity index (χ2n) is 7.84. The molecule has 1 N–H and O–H groups in total. The van der Waals surface area contributed by atoms with Gasteiger partial charge in [-0.3, -0.25) is 19.6 Å². The predicted octanol–water partition coefficient (Wildman–Crippen LogP) is 4.22. The zero-order valence-corrected chi connectivity index (χ0v) is 17.4. The minimum Gasteiger partial charge on any atom is -0.507 e. The third-order valence-corrected chi connectivity index (χ3v) is 5.51. The quantitative estimate of drug-likeness (QED) is 0.385. The third kappa shape index (κ3) is 3.97. The van der Waals surface area contributed by atoms with Crippen molar-refractivity contribution in [2.24, 2.45) is 0 Å². The number of aliphatic hydroxyl groups is 1. The number of carbonyl (C=O) groups excluding carboxylic acids is 2. The molecule has 4 rings (SSSR count). The van der Waals surface area contributed by atoms with E-state index >= 15 is 0 Å². The fraction of sp³-hybridized carbons (Fsp3) is 0.200. The van der Waals surface area contributed by atoms with E-state index in [9.17, 15) is 14.7 Å². The highest BCUT2D eigenvalue weighted by Crippen LogP contribution is 2.40. The van der Waals surface area contributed by atoms with Crippen LogP contribution in [0.25, 0.3) is 5.76 Å². The molecular formula is C25H23N3O3. The minimum absolute atomic E-state index is 0.0857. The van der Waals surface area contributed by atoms with E-state index in [2.05, 4.69) is 23.8 Å². The molecule has 2 aromatic heterocycles. The molecule has 1 fully saturated rings. The van der Waals surface area contributed by atoms with E-state index in [-0.39, 0.29) is 17.9 Å². The molecular weight excluding hydrogens is 390 g/mol. The molecule has 0 spiro atoms. The van der Waals surface area contributed by atoms with Crippen LogP contribution in [0, 0.1) is 0 Å². The normalized spacial score (nSPS) is 18.0. The van der Waals surface area contributed by atoms with Crippen molar-refractivity contribution in [2.75, 3.05) is 0 Å². The number of hydrogen-bond acceptors (Lipinski definition) is 5. The maximum Gasteiger partial charge on any atom is 0.295 e. The molecule has 1 amide bonds. The first-order valence-corrected chi connectivity index (χ1v) is 10.1. The van der Waals surface area contributed by atoms with Crippen LogP contribution in [0.2, 0.25) is 0 Å². The Kier molecular flexibility index (Phi) is 5.62. The average molecular weight is 413 g/mol. The van der Waals surface area contributed by atoms with E-state index in [0.717, 1.165) is 16.7 Å². The number of aromatic nitrogens is 2. The summed E-state index contributed by atoms with van der Waals surface area (Å²) in [6.07, 6.45) is 6.37. The Hall–Kier alpha value is -3.80.